The van der Waals surface area contributed by atoms with E-state index in [1.54, 1.807) is 18.5 Å². The van der Waals surface area contributed by atoms with Crippen molar-refractivity contribution in [1.82, 2.24) is 9.97 Å². The molecular weight excluding hydrogens is 271 g/mol. The van der Waals surface area contributed by atoms with Crippen LogP contribution in [0.2, 0.25) is 5.02 Å². The highest BCUT2D eigenvalue weighted by atomic mass is 35.5. The van der Waals surface area contributed by atoms with Crippen LogP contribution in [-0.2, 0) is 12.3 Å². The number of hydrogen-bond acceptors (Lipinski definition) is 3. The van der Waals surface area contributed by atoms with E-state index in [-0.39, 0.29) is 0 Å². The van der Waals surface area contributed by atoms with Gasteiger partial charge in [-0.25, -0.2) is 4.98 Å². The molecule has 5 heteroatoms. The highest BCUT2D eigenvalue weighted by Gasteiger charge is 2.03. The maximum Gasteiger partial charge on any atom is 0.213 e. The van der Waals surface area contributed by atoms with Crippen molar-refractivity contribution < 1.29 is 4.74 Å². The van der Waals surface area contributed by atoms with Gasteiger partial charge in [0.15, 0.2) is 0 Å². The first-order valence-corrected chi connectivity index (χ1v) is 6.44. The zero-order valence-corrected chi connectivity index (χ0v) is 11.2. The van der Waals surface area contributed by atoms with Gasteiger partial charge >= 0.3 is 0 Å². The van der Waals surface area contributed by atoms with E-state index in [0.29, 0.717) is 23.4 Å². The normalized spacial score (nSPS) is 10.3. The van der Waals surface area contributed by atoms with Gasteiger partial charge in [-0.2, -0.15) is 0 Å². The summed E-state index contributed by atoms with van der Waals surface area (Å²) in [6, 6.07) is 7.56. The van der Waals surface area contributed by atoms with Crippen molar-refractivity contribution in [1.29, 1.82) is 0 Å². The topological polar surface area (TPSA) is 35.0 Å². The number of pyridine rings is 2. The second kappa shape index (κ2) is 6.57. The Kier molecular flexibility index (Phi) is 4.79. The summed E-state index contributed by atoms with van der Waals surface area (Å²) in [5, 5.41) is 0.557. The largest absolute Gasteiger partial charge is 0.477 e. The molecule has 0 fully saturated rings. The fourth-order valence-corrected chi connectivity index (χ4v) is 1.91. The van der Waals surface area contributed by atoms with Gasteiger partial charge in [-0.1, -0.05) is 17.7 Å². The van der Waals surface area contributed by atoms with Crippen LogP contribution in [-0.4, -0.2) is 16.6 Å². The molecule has 0 aliphatic heterocycles. The van der Waals surface area contributed by atoms with E-state index in [9.17, 15) is 0 Å². The first-order valence-electron chi connectivity index (χ1n) is 5.52. The van der Waals surface area contributed by atoms with Crippen molar-refractivity contribution in [2.45, 2.75) is 12.3 Å². The molecule has 0 saturated heterocycles. The molecule has 2 rings (SSSR count). The predicted octanol–water partition coefficient (Wildman–Crippen LogP) is 3.49. The molecule has 2 heterocycles. The van der Waals surface area contributed by atoms with E-state index >= 15 is 0 Å². The van der Waals surface area contributed by atoms with Crippen molar-refractivity contribution in [2.75, 3.05) is 6.61 Å². The molecule has 0 aromatic carbocycles. The quantitative estimate of drug-likeness (QED) is 0.788. The Morgan fingerprint density at radius 1 is 1.22 bits per heavy atom. The van der Waals surface area contributed by atoms with Crippen molar-refractivity contribution in [3.8, 4) is 5.88 Å². The third-order valence-electron chi connectivity index (χ3n) is 2.39. The zero-order chi connectivity index (χ0) is 12.8. The van der Waals surface area contributed by atoms with Gasteiger partial charge in [-0.05, 0) is 17.7 Å². The number of rotatable bonds is 5. The third-order valence-corrected chi connectivity index (χ3v) is 3.02. The number of halogens is 2. The van der Waals surface area contributed by atoms with Gasteiger partial charge in [0.1, 0.15) is 0 Å². The maximum atomic E-state index is 5.91. The first-order chi connectivity index (χ1) is 8.79. The minimum Gasteiger partial charge on any atom is -0.477 e. The van der Waals surface area contributed by atoms with Gasteiger partial charge in [0.2, 0.25) is 5.88 Å². The summed E-state index contributed by atoms with van der Waals surface area (Å²) in [7, 11) is 0. The van der Waals surface area contributed by atoms with Crippen LogP contribution in [0.5, 0.6) is 5.88 Å². The number of hydrogen-bond donors (Lipinski definition) is 0. The molecule has 0 aliphatic carbocycles. The maximum absolute atomic E-state index is 5.91. The van der Waals surface area contributed by atoms with E-state index < -0.39 is 0 Å². The van der Waals surface area contributed by atoms with Crippen molar-refractivity contribution in [3.05, 3.63) is 52.9 Å². The van der Waals surface area contributed by atoms with Gasteiger partial charge in [0.25, 0.3) is 0 Å². The second-order valence-corrected chi connectivity index (χ2v) is 4.34. The summed E-state index contributed by atoms with van der Waals surface area (Å²) in [5.74, 6) is 0.879. The molecule has 0 amide bonds. The molecule has 0 radical (unpaired) electrons. The number of alkyl halides is 1. The Hall–Kier alpha value is -1.32. The molecule has 0 atom stereocenters. The van der Waals surface area contributed by atoms with Crippen molar-refractivity contribution in [2.24, 2.45) is 0 Å². The number of aromatic nitrogens is 2. The van der Waals surface area contributed by atoms with E-state index in [2.05, 4.69) is 9.97 Å². The zero-order valence-electron chi connectivity index (χ0n) is 9.64. The van der Waals surface area contributed by atoms with Crippen LogP contribution in [0.4, 0.5) is 0 Å². The minimum absolute atomic E-state index is 0.345. The lowest BCUT2D eigenvalue weighted by Gasteiger charge is -2.06. The van der Waals surface area contributed by atoms with Crippen LogP contribution < -0.4 is 4.74 Å². The molecule has 2 aromatic rings. The summed E-state index contributed by atoms with van der Waals surface area (Å²) in [5.41, 5.74) is 1.81. The molecule has 0 saturated carbocycles. The first kappa shape index (κ1) is 13.1. The van der Waals surface area contributed by atoms with Gasteiger partial charge in [-0.15, -0.1) is 11.6 Å². The third kappa shape index (κ3) is 3.59. The minimum atomic E-state index is 0.345. The van der Waals surface area contributed by atoms with Gasteiger partial charge < -0.3 is 4.74 Å². The highest BCUT2D eigenvalue weighted by Crippen LogP contribution is 2.20. The van der Waals surface area contributed by atoms with Crippen LogP contribution in [0.1, 0.15) is 11.3 Å². The Bertz CT molecular complexity index is 506. The summed E-state index contributed by atoms with van der Waals surface area (Å²) in [6.07, 6.45) is 4.05. The van der Waals surface area contributed by atoms with Crippen LogP contribution in [0.3, 0.4) is 0 Å². The molecule has 94 valence electrons. The standard InChI is InChI=1S/C13H12Cl2N2O/c14-8-10-7-13(17-9-12(10)15)18-6-4-11-3-1-2-5-16-11/h1-3,5,7,9H,4,6,8H2. The number of nitrogens with zero attached hydrogens (tertiary/aromatic N) is 2. The lowest BCUT2D eigenvalue weighted by Crippen LogP contribution is -2.04. The average molecular weight is 283 g/mol. The molecule has 2 aromatic heterocycles. The lowest BCUT2D eigenvalue weighted by molar-refractivity contribution is 0.308. The Morgan fingerprint density at radius 2 is 2.11 bits per heavy atom. The van der Waals surface area contributed by atoms with E-state index in [4.69, 9.17) is 27.9 Å². The monoisotopic (exact) mass is 282 g/mol. The average Bonchev–Trinajstić information content (AvgIpc) is 2.42. The van der Waals surface area contributed by atoms with Crippen molar-refractivity contribution in [3.63, 3.8) is 0 Å². The van der Waals surface area contributed by atoms with Crippen molar-refractivity contribution >= 4 is 23.2 Å². The SMILES string of the molecule is ClCc1cc(OCCc2ccccn2)ncc1Cl. The van der Waals surface area contributed by atoms with E-state index in [1.165, 1.54) is 0 Å². The van der Waals surface area contributed by atoms with E-state index in [0.717, 1.165) is 17.7 Å². The summed E-state index contributed by atoms with van der Waals surface area (Å²) < 4.78 is 5.54. The summed E-state index contributed by atoms with van der Waals surface area (Å²) in [6.45, 7) is 0.521. The Labute approximate surface area is 116 Å². The van der Waals surface area contributed by atoms with Crippen LogP contribution in [0, 0.1) is 0 Å². The molecule has 18 heavy (non-hydrogen) atoms. The summed E-state index contributed by atoms with van der Waals surface area (Å²) in [4.78, 5) is 8.30. The fourth-order valence-electron chi connectivity index (χ4n) is 1.45. The highest BCUT2D eigenvalue weighted by molar-refractivity contribution is 6.32. The second-order valence-electron chi connectivity index (χ2n) is 3.67. The Balaban J connectivity index is 1.91. The molecular formula is C13H12Cl2N2O. The van der Waals surface area contributed by atoms with E-state index in [1.807, 2.05) is 18.2 Å². The molecule has 0 unspecified atom stereocenters. The smallest absolute Gasteiger partial charge is 0.213 e. The van der Waals surface area contributed by atoms with Crippen LogP contribution in [0.15, 0.2) is 36.7 Å². The van der Waals surface area contributed by atoms with Gasteiger partial charge in [0, 0.05) is 36.5 Å². The summed E-state index contributed by atoms with van der Waals surface area (Å²) >= 11 is 11.7. The molecule has 0 aliphatic rings. The van der Waals surface area contributed by atoms with Crippen LogP contribution in [0.25, 0.3) is 0 Å². The lowest BCUT2D eigenvalue weighted by atomic mass is 10.3. The van der Waals surface area contributed by atoms with Gasteiger partial charge in [0.05, 0.1) is 11.6 Å². The molecule has 0 bridgehead atoms. The Morgan fingerprint density at radius 3 is 2.83 bits per heavy atom. The molecule has 3 nitrogen and oxygen atoms in total. The van der Waals surface area contributed by atoms with Gasteiger partial charge in [-0.3, -0.25) is 4.98 Å². The number of ether oxygens (including phenoxy) is 1. The molecule has 0 N–H and O–H groups in total. The fraction of sp³-hybridized carbons (Fsp3) is 0.231. The molecule has 0 spiro atoms. The van der Waals surface area contributed by atoms with Crippen LogP contribution >= 0.6 is 23.2 Å². The predicted molar refractivity (Wildman–Crippen MR) is 72.2 cm³/mol.